The lowest BCUT2D eigenvalue weighted by atomic mass is 10.0. The number of fused-ring (bicyclic) bond motifs is 1. The second-order valence-corrected chi connectivity index (χ2v) is 6.85. The van der Waals surface area contributed by atoms with Crippen molar-refractivity contribution in [3.63, 3.8) is 0 Å². The smallest absolute Gasteiger partial charge is 0.257 e. The van der Waals surface area contributed by atoms with E-state index in [4.69, 9.17) is 14.4 Å². The molecule has 2 aromatic rings. The zero-order valence-corrected chi connectivity index (χ0v) is 14.7. The summed E-state index contributed by atoms with van der Waals surface area (Å²) in [6.45, 7) is 3.25. The molecule has 0 unspecified atom stereocenters. The highest BCUT2D eigenvalue weighted by Gasteiger charge is 2.28. The Labute approximate surface area is 147 Å². The standard InChI is InChI=1S/C18H23N5O2/c1-21(2)16-14-11-23(17(24)13-6-10-25-12-13)9-5-15(14)19-18(20-16)22-7-3-4-8-22/h6,10,12H,3-5,7-9,11H2,1-2H3. The van der Waals surface area contributed by atoms with Gasteiger partial charge in [-0.05, 0) is 18.9 Å². The highest BCUT2D eigenvalue weighted by Crippen LogP contribution is 2.29. The van der Waals surface area contributed by atoms with Crippen molar-refractivity contribution in [2.45, 2.75) is 25.8 Å². The molecule has 1 amide bonds. The average Bonchev–Trinajstić information content (AvgIpc) is 3.32. The Balaban J connectivity index is 1.65. The van der Waals surface area contributed by atoms with Gasteiger partial charge in [-0.2, -0.15) is 4.98 Å². The van der Waals surface area contributed by atoms with Gasteiger partial charge in [0.1, 0.15) is 12.1 Å². The van der Waals surface area contributed by atoms with Crippen LogP contribution in [-0.4, -0.2) is 54.5 Å². The van der Waals surface area contributed by atoms with Crippen molar-refractivity contribution in [2.75, 3.05) is 43.5 Å². The van der Waals surface area contributed by atoms with E-state index < -0.39 is 0 Å². The molecule has 0 aromatic carbocycles. The number of amides is 1. The first-order chi connectivity index (χ1) is 12.1. The predicted octanol–water partition coefficient (Wildman–Crippen LogP) is 1.93. The van der Waals surface area contributed by atoms with Crippen LogP contribution in [0.3, 0.4) is 0 Å². The minimum absolute atomic E-state index is 0.00674. The Morgan fingerprint density at radius 2 is 2.00 bits per heavy atom. The van der Waals surface area contributed by atoms with Crippen molar-refractivity contribution >= 4 is 17.7 Å². The maximum atomic E-state index is 12.6. The molecular formula is C18H23N5O2. The van der Waals surface area contributed by atoms with Crippen LogP contribution < -0.4 is 9.80 Å². The van der Waals surface area contributed by atoms with Crippen LogP contribution in [0.4, 0.5) is 11.8 Å². The molecule has 2 aliphatic rings. The van der Waals surface area contributed by atoms with Gasteiger partial charge in [0.2, 0.25) is 5.95 Å². The van der Waals surface area contributed by atoms with Gasteiger partial charge in [0.05, 0.1) is 24.1 Å². The van der Waals surface area contributed by atoms with Crippen LogP contribution in [0.5, 0.6) is 0 Å². The molecular weight excluding hydrogens is 318 g/mol. The summed E-state index contributed by atoms with van der Waals surface area (Å²) in [7, 11) is 3.99. The van der Waals surface area contributed by atoms with Gasteiger partial charge in [-0.1, -0.05) is 0 Å². The zero-order valence-electron chi connectivity index (χ0n) is 14.7. The lowest BCUT2D eigenvalue weighted by Crippen LogP contribution is -2.38. The van der Waals surface area contributed by atoms with Crippen molar-refractivity contribution < 1.29 is 9.21 Å². The Morgan fingerprint density at radius 3 is 2.68 bits per heavy atom. The predicted molar refractivity (Wildman–Crippen MR) is 95.0 cm³/mol. The van der Waals surface area contributed by atoms with E-state index in [-0.39, 0.29) is 5.91 Å². The molecule has 7 nitrogen and oxygen atoms in total. The molecule has 2 aromatic heterocycles. The maximum absolute atomic E-state index is 12.6. The summed E-state index contributed by atoms with van der Waals surface area (Å²) in [6.07, 6.45) is 6.18. The van der Waals surface area contributed by atoms with Crippen LogP contribution in [-0.2, 0) is 13.0 Å². The summed E-state index contributed by atoms with van der Waals surface area (Å²) < 4.78 is 5.04. The quantitative estimate of drug-likeness (QED) is 0.850. The second-order valence-electron chi connectivity index (χ2n) is 6.85. The van der Waals surface area contributed by atoms with Gasteiger partial charge in [0, 0.05) is 45.7 Å². The molecule has 132 valence electrons. The van der Waals surface area contributed by atoms with Gasteiger partial charge in [-0.3, -0.25) is 4.79 Å². The van der Waals surface area contributed by atoms with Gasteiger partial charge < -0.3 is 19.1 Å². The lowest BCUT2D eigenvalue weighted by molar-refractivity contribution is 0.0733. The number of rotatable bonds is 3. The van der Waals surface area contributed by atoms with Gasteiger partial charge >= 0.3 is 0 Å². The van der Waals surface area contributed by atoms with Crippen molar-refractivity contribution in [3.8, 4) is 0 Å². The lowest BCUT2D eigenvalue weighted by Gasteiger charge is -2.31. The second kappa shape index (κ2) is 6.38. The number of carbonyl (C=O) groups excluding carboxylic acids is 1. The van der Waals surface area contributed by atoms with E-state index in [2.05, 4.69) is 4.90 Å². The topological polar surface area (TPSA) is 65.7 Å². The fraction of sp³-hybridized carbons (Fsp3) is 0.500. The summed E-state index contributed by atoms with van der Waals surface area (Å²) in [5, 5.41) is 0. The molecule has 2 aliphatic heterocycles. The van der Waals surface area contributed by atoms with Crippen molar-refractivity contribution in [2.24, 2.45) is 0 Å². The number of nitrogens with zero attached hydrogens (tertiary/aromatic N) is 5. The van der Waals surface area contributed by atoms with Crippen molar-refractivity contribution in [1.82, 2.24) is 14.9 Å². The molecule has 4 rings (SSSR count). The number of hydrogen-bond donors (Lipinski definition) is 0. The maximum Gasteiger partial charge on any atom is 0.257 e. The first-order valence-electron chi connectivity index (χ1n) is 8.77. The number of anilines is 2. The van der Waals surface area contributed by atoms with Gasteiger partial charge in [-0.15, -0.1) is 0 Å². The number of carbonyl (C=O) groups is 1. The summed E-state index contributed by atoms with van der Waals surface area (Å²) in [6, 6.07) is 1.71. The minimum Gasteiger partial charge on any atom is -0.472 e. The molecule has 0 atom stereocenters. The highest BCUT2D eigenvalue weighted by molar-refractivity contribution is 5.94. The Morgan fingerprint density at radius 1 is 1.20 bits per heavy atom. The van der Waals surface area contributed by atoms with Gasteiger partial charge in [-0.25, -0.2) is 4.98 Å². The van der Waals surface area contributed by atoms with E-state index >= 15 is 0 Å². The van der Waals surface area contributed by atoms with Crippen molar-refractivity contribution in [3.05, 3.63) is 35.4 Å². The van der Waals surface area contributed by atoms with Crippen LogP contribution in [0, 0.1) is 0 Å². The van der Waals surface area contributed by atoms with Crippen molar-refractivity contribution in [1.29, 1.82) is 0 Å². The Kier molecular flexibility index (Phi) is 4.07. The van der Waals surface area contributed by atoms with E-state index in [1.165, 1.54) is 25.4 Å². The van der Waals surface area contributed by atoms with Gasteiger partial charge in [0.25, 0.3) is 5.91 Å². The van der Waals surface area contributed by atoms with Crippen LogP contribution in [0.2, 0.25) is 0 Å². The summed E-state index contributed by atoms with van der Waals surface area (Å²) >= 11 is 0. The summed E-state index contributed by atoms with van der Waals surface area (Å²) in [5.74, 6) is 1.74. The molecule has 0 spiro atoms. The van der Waals surface area contributed by atoms with Crippen LogP contribution >= 0.6 is 0 Å². The average molecular weight is 341 g/mol. The molecule has 0 radical (unpaired) electrons. The normalized spacial score (nSPS) is 16.9. The highest BCUT2D eigenvalue weighted by atomic mass is 16.3. The van der Waals surface area contributed by atoms with E-state index in [1.807, 2.05) is 23.9 Å². The molecule has 0 aliphatic carbocycles. The largest absolute Gasteiger partial charge is 0.472 e. The zero-order chi connectivity index (χ0) is 17.4. The Bertz CT molecular complexity index is 766. The van der Waals surface area contributed by atoms with Crippen LogP contribution in [0.25, 0.3) is 0 Å². The summed E-state index contributed by atoms with van der Waals surface area (Å²) in [4.78, 5) is 28.4. The number of aromatic nitrogens is 2. The molecule has 0 bridgehead atoms. The molecule has 4 heterocycles. The molecule has 0 saturated carbocycles. The van der Waals surface area contributed by atoms with Crippen LogP contribution in [0.15, 0.2) is 23.0 Å². The van der Waals surface area contributed by atoms with E-state index in [0.717, 1.165) is 42.5 Å². The first kappa shape index (κ1) is 15.9. The minimum atomic E-state index is -0.00674. The SMILES string of the molecule is CN(C)c1nc(N2CCCC2)nc2c1CN(C(=O)c1ccoc1)CC2. The third-order valence-electron chi connectivity index (χ3n) is 4.89. The van der Waals surface area contributed by atoms with E-state index in [0.29, 0.717) is 18.7 Å². The molecule has 1 saturated heterocycles. The molecule has 7 heteroatoms. The fourth-order valence-corrected chi connectivity index (χ4v) is 3.55. The molecule has 0 N–H and O–H groups in total. The third-order valence-corrected chi connectivity index (χ3v) is 4.89. The monoisotopic (exact) mass is 341 g/mol. The molecule has 25 heavy (non-hydrogen) atoms. The number of hydrogen-bond acceptors (Lipinski definition) is 6. The number of furan rings is 1. The van der Waals surface area contributed by atoms with E-state index in [1.54, 1.807) is 6.07 Å². The third kappa shape index (κ3) is 2.94. The summed E-state index contributed by atoms with van der Waals surface area (Å²) in [5.41, 5.74) is 2.71. The Hall–Kier alpha value is -2.57. The fourth-order valence-electron chi connectivity index (χ4n) is 3.55. The van der Waals surface area contributed by atoms with E-state index in [9.17, 15) is 4.79 Å². The van der Waals surface area contributed by atoms with Gasteiger partial charge in [0.15, 0.2) is 0 Å². The first-order valence-corrected chi connectivity index (χ1v) is 8.77. The molecule has 1 fully saturated rings. The van der Waals surface area contributed by atoms with Crippen LogP contribution in [0.1, 0.15) is 34.5 Å².